The van der Waals surface area contributed by atoms with Crippen LogP contribution < -0.4 is 5.32 Å². The van der Waals surface area contributed by atoms with Crippen LogP contribution in [0.25, 0.3) is 37.1 Å². The van der Waals surface area contributed by atoms with Gasteiger partial charge in [0.15, 0.2) is 5.82 Å². The Balaban J connectivity index is 1.95. The summed E-state index contributed by atoms with van der Waals surface area (Å²) in [6.07, 6.45) is 3.15. The smallest absolute Gasteiger partial charge is 0.213 e. The molecule has 30 heavy (non-hydrogen) atoms. The molecule has 0 aliphatic carbocycles. The molecule has 4 aromatic rings. The topological polar surface area (TPSA) is 91.1 Å². The Morgan fingerprint density at radius 3 is 2.77 bits per heavy atom. The lowest BCUT2D eigenvalue weighted by molar-refractivity contribution is 0.311. The molecule has 150 valence electrons. The van der Waals surface area contributed by atoms with Crippen molar-refractivity contribution in [3.05, 3.63) is 64.3 Å². The van der Waals surface area contributed by atoms with Gasteiger partial charge in [0.1, 0.15) is 12.1 Å². The van der Waals surface area contributed by atoms with Gasteiger partial charge in [-0.2, -0.15) is 0 Å². The molecule has 0 radical (unpaired) electrons. The van der Waals surface area contributed by atoms with E-state index in [1.54, 1.807) is 24.4 Å². The van der Waals surface area contributed by atoms with E-state index in [1.807, 2.05) is 12.1 Å². The Labute approximate surface area is 186 Å². The van der Waals surface area contributed by atoms with Crippen molar-refractivity contribution in [1.29, 1.82) is 0 Å². The quantitative estimate of drug-likeness (QED) is 0.332. The van der Waals surface area contributed by atoms with Gasteiger partial charge in [0, 0.05) is 33.2 Å². The van der Waals surface area contributed by atoms with E-state index >= 15 is 0 Å². The number of rotatable bonds is 6. The number of anilines is 1. The number of aromatic nitrogens is 4. The number of aliphatic hydroxyl groups is 1. The summed E-state index contributed by atoms with van der Waals surface area (Å²) in [6.45, 7) is 8.27. The monoisotopic (exact) mass is 456 g/mol. The summed E-state index contributed by atoms with van der Waals surface area (Å²) in [6, 6.07) is 8.86. The van der Waals surface area contributed by atoms with Gasteiger partial charge in [-0.15, -0.1) is 21.5 Å². The molecule has 1 aromatic carbocycles. The number of nitrogens with zero attached hydrogens (tertiary/aromatic N) is 4. The van der Waals surface area contributed by atoms with Crippen molar-refractivity contribution in [2.24, 2.45) is 0 Å². The first-order valence-corrected chi connectivity index (χ1v) is 10.4. The number of nitrogens with one attached hydrogen (secondary N) is 2. The van der Waals surface area contributed by atoms with Crippen LogP contribution in [-0.2, 0) is 0 Å². The summed E-state index contributed by atoms with van der Waals surface area (Å²) in [5.41, 5.74) is 2.63. The second-order valence-electron chi connectivity index (χ2n) is 6.14. The largest absolute Gasteiger partial charge is 0.395 e. The third-order valence-corrected chi connectivity index (χ3v) is 6.05. The molecule has 0 unspecified atom stereocenters. The predicted octanol–water partition coefficient (Wildman–Crippen LogP) is 5.52. The first-order chi connectivity index (χ1) is 14.6. The summed E-state index contributed by atoms with van der Waals surface area (Å²) >= 11 is 14.0. The highest BCUT2D eigenvalue weighted by Gasteiger charge is 2.25. The number of benzene rings is 1. The van der Waals surface area contributed by atoms with Crippen LogP contribution in [0.3, 0.4) is 0 Å². The SMILES string of the molecule is [C-]#[N+]c1c(-c2ccnc(NCCO)c2)sc(-c2nnc[nH]2)c1-c1ccc(Cl)cc1Cl. The van der Waals surface area contributed by atoms with Crippen molar-refractivity contribution in [1.82, 2.24) is 20.2 Å². The van der Waals surface area contributed by atoms with Crippen LogP contribution in [-0.4, -0.2) is 38.4 Å². The average Bonchev–Trinajstić information content (AvgIpc) is 3.40. The molecular formula is C20H14Cl2N6OS. The van der Waals surface area contributed by atoms with E-state index in [0.717, 1.165) is 15.3 Å². The van der Waals surface area contributed by atoms with E-state index in [4.69, 9.17) is 34.9 Å². The molecule has 0 amide bonds. The zero-order chi connectivity index (χ0) is 21.1. The molecule has 0 spiro atoms. The van der Waals surface area contributed by atoms with Gasteiger partial charge < -0.3 is 15.4 Å². The van der Waals surface area contributed by atoms with Crippen molar-refractivity contribution in [3.8, 4) is 32.3 Å². The van der Waals surface area contributed by atoms with E-state index in [-0.39, 0.29) is 6.61 Å². The molecule has 0 saturated heterocycles. The molecule has 0 saturated carbocycles. The molecule has 0 bridgehead atoms. The van der Waals surface area contributed by atoms with Crippen molar-refractivity contribution in [3.63, 3.8) is 0 Å². The molecule has 0 fully saturated rings. The van der Waals surface area contributed by atoms with Crippen LogP contribution in [0.15, 0.2) is 42.9 Å². The minimum atomic E-state index is -0.00688. The fourth-order valence-electron chi connectivity index (χ4n) is 3.00. The molecule has 7 nitrogen and oxygen atoms in total. The van der Waals surface area contributed by atoms with Gasteiger partial charge >= 0.3 is 0 Å². The molecule has 0 aliphatic heterocycles. The fraction of sp³-hybridized carbons (Fsp3) is 0.100. The highest BCUT2D eigenvalue weighted by Crippen LogP contribution is 2.53. The highest BCUT2D eigenvalue weighted by atomic mass is 35.5. The van der Waals surface area contributed by atoms with Gasteiger partial charge in [0.05, 0.1) is 18.1 Å². The minimum absolute atomic E-state index is 0.00688. The normalized spacial score (nSPS) is 10.7. The zero-order valence-corrected chi connectivity index (χ0v) is 17.7. The maximum absolute atomic E-state index is 9.05. The first kappa shape index (κ1) is 20.3. The summed E-state index contributed by atoms with van der Waals surface area (Å²) in [4.78, 5) is 12.6. The fourth-order valence-corrected chi connectivity index (χ4v) is 4.70. The molecule has 3 heterocycles. The minimum Gasteiger partial charge on any atom is -0.395 e. The Hall–Kier alpha value is -2.96. The second-order valence-corrected chi connectivity index (χ2v) is 8.00. The number of pyridine rings is 1. The molecule has 3 N–H and O–H groups in total. The van der Waals surface area contributed by atoms with Crippen LogP contribution in [0, 0.1) is 6.57 Å². The number of aliphatic hydroxyl groups excluding tert-OH is 1. The predicted molar refractivity (Wildman–Crippen MR) is 120 cm³/mol. The molecule has 0 atom stereocenters. The summed E-state index contributed by atoms with van der Waals surface area (Å²) in [5, 5.41) is 21.1. The Morgan fingerprint density at radius 1 is 1.20 bits per heavy atom. The summed E-state index contributed by atoms with van der Waals surface area (Å²) < 4.78 is 0. The van der Waals surface area contributed by atoms with Crippen LogP contribution in [0.2, 0.25) is 10.0 Å². The van der Waals surface area contributed by atoms with Crippen molar-refractivity contribution < 1.29 is 5.11 Å². The van der Waals surface area contributed by atoms with E-state index in [9.17, 15) is 0 Å². The maximum Gasteiger partial charge on any atom is 0.213 e. The van der Waals surface area contributed by atoms with E-state index < -0.39 is 0 Å². The van der Waals surface area contributed by atoms with E-state index in [2.05, 4.69) is 30.3 Å². The maximum atomic E-state index is 9.05. The third kappa shape index (κ3) is 3.88. The van der Waals surface area contributed by atoms with Crippen LogP contribution >= 0.6 is 34.5 Å². The standard InChI is InChI=1S/C20H14Cl2N6OS/c1-23-17-16(13-3-2-12(21)9-14(13)22)19(20-26-10-27-28-20)30-18(17)11-4-5-24-15(8-11)25-6-7-29/h2-5,8-10,29H,6-7H2,(H,24,25)(H,26,27,28). The van der Waals surface area contributed by atoms with Gasteiger partial charge in [-0.3, -0.25) is 0 Å². The number of hydrogen-bond acceptors (Lipinski definition) is 6. The van der Waals surface area contributed by atoms with E-state index in [1.165, 1.54) is 17.7 Å². The van der Waals surface area contributed by atoms with Gasteiger partial charge in [0.25, 0.3) is 0 Å². The summed E-state index contributed by atoms with van der Waals surface area (Å²) in [5.74, 6) is 1.16. The number of H-pyrrole nitrogens is 1. The second kappa shape index (κ2) is 8.81. The van der Waals surface area contributed by atoms with E-state index in [0.29, 0.717) is 45.0 Å². The van der Waals surface area contributed by atoms with Crippen LogP contribution in [0.5, 0.6) is 0 Å². The number of aromatic amines is 1. The number of halogens is 2. The highest BCUT2D eigenvalue weighted by molar-refractivity contribution is 7.20. The van der Waals surface area contributed by atoms with Gasteiger partial charge in [-0.05, 0) is 35.4 Å². The van der Waals surface area contributed by atoms with Crippen molar-refractivity contribution in [2.45, 2.75) is 0 Å². The Kier molecular flexibility index (Phi) is 5.97. The lowest BCUT2D eigenvalue weighted by Crippen LogP contribution is -2.06. The average molecular weight is 457 g/mol. The molecule has 0 aliphatic rings. The zero-order valence-electron chi connectivity index (χ0n) is 15.4. The van der Waals surface area contributed by atoms with Crippen LogP contribution in [0.1, 0.15) is 0 Å². The van der Waals surface area contributed by atoms with Gasteiger partial charge in [-0.1, -0.05) is 29.3 Å². The molecular weight excluding hydrogens is 443 g/mol. The number of hydrogen-bond donors (Lipinski definition) is 3. The summed E-state index contributed by atoms with van der Waals surface area (Å²) in [7, 11) is 0. The Morgan fingerprint density at radius 2 is 2.07 bits per heavy atom. The lowest BCUT2D eigenvalue weighted by atomic mass is 10.0. The third-order valence-electron chi connectivity index (χ3n) is 4.27. The van der Waals surface area contributed by atoms with Crippen molar-refractivity contribution in [2.75, 3.05) is 18.5 Å². The van der Waals surface area contributed by atoms with Crippen molar-refractivity contribution >= 4 is 46.0 Å². The Bertz CT molecular complexity index is 1230. The van der Waals surface area contributed by atoms with Gasteiger partial charge in [-0.25, -0.2) is 9.83 Å². The molecule has 10 heteroatoms. The van der Waals surface area contributed by atoms with Gasteiger partial charge in [0.2, 0.25) is 5.69 Å². The molecule has 4 rings (SSSR count). The lowest BCUT2D eigenvalue weighted by Gasteiger charge is -2.07. The number of thiophene rings is 1. The molecule has 3 aromatic heterocycles. The van der Waals surface area contributed by atoms with Crippen LogP contribution in [0.4, 0.5) is 11.5 Å². The first-order valence-electron chi connectivity index (χ1n) is 8.79.